The summed E-state index contributed by atoms with van der Waals surface area (Å²) >= 11 is 0. The van der Waals surface area contributed by atoms with Crippen molar-refractivity contribution in [3.63, 3.8) is 0 Å². The maximum absolute atomic E-state index is 10.3. The number of carbonyl (C=O) groups excluding carboxylic acids is 1. The Hall–Kier alpha value is -0.410. The molecule has 0 bridgehead atoms. The summed E-state index contributed by atoms with van der Waals surface area (Å²) in [6.45, 7) is 5.42. The molecule has 0 amide bonds. The third-order valence-electron chi connectivity index (χ3n) is 1.49. The van der Waals surface area contributed by atoms with Crippen molar-refractivity contribution < 1.29 is 14.3 Å². The van der Waals surface area contributed by atoms with Gasteiger partial charge in [0.2, 0.25) is 0 Å². The summed E-state index contributed by atoms with van der Waals surface area (Å²) in [6, 6.07) is 0. The normalized spacial score (nSPS) is 37.9. The Kier molecular flexibility index (Phi) is 1.79. The summed E-state index contributed by atoms with van der Waals surface area (Å²) in [7, 11) is 0. The molecular formula is C7H12O3. The van der Waals surface area contributed by atoms with Crippen molar-refractivity contribution in [2.24, 2.45) is 0 Å². The van der Waals surface area contributed by atoms with Crippen molar-refractivity contribution in [2.75, 3.05) is 0 Å². The molecule has 0 radical (unpaired) electrons. The van der Waals surface area contributed by atoms with Gasteiger partial charge in [-0.3, -0.25) is 0 Å². The van der Waals surface area contributed by atoms with E-state index in [0.29, 0.717) is 0 Å². The van der Waals surface area contributed by atoms with E-state index >= 15 is 0 Å². The monoisotopic (exact) mass is 144 g/mol. The fraction of sp³-hybridized carbons (Fsp3) is 0.857. The Morgan fingerprint density at radius 1 is 1.40 bits per heavy atom. The quantitative estimate of drug-likeness (QED) is 0.509. The summed E-state index contributed by atoms with van der Waals surface area (Å²) in [5, 5.41) is 0. The van der Waals surface area contributed by atoms with Gasteiger partial charge >= 0.3 is 0 Å². The minimum atomic E-state index is -0.592. The number of carbonyl (C=O) groups is 1. The molecule has 1 heterocycles. The predicted octanol–water partition coefficient (Wildman–Crippen LogP) is 0.725. The van der Waals surface area contributed by atoms with Crippen LogP contribution in [-0.2, 0) is 14.3 Å². The standard InChI is InChI=1S/C7H12O3/c1-5-6(4-8)10-7(2,3)9-5/h4-6H,1-3H3/t5-,6-/m1/s1. The Morgan fingerprint density at radius 2 is 2.00 bits per heavy atom. The Labute approximate surface area is 60.3 Å². The van der Waals surface area contributed by atoms with Crippen LogP contribution in [0, 0.1) is 0 Å². The zero-order chi connectivity index (χ0) is 7.78. The van der Waals surface area contributed by atoms with Crippen LogP contribution in [0.15, 0.2) is 0 Å². The minimum Gasteiger partial charge on any atom is -0.344 e. The van der Waals surface area contributed by atoms with Gasteiger partial charge in [0.25, 0.3) is 0 Å². The van der Waals surface area contributed by atoms with E-state index in [1.165, 1.54) is 0 Å². The average Bonchev–Trinajstić information content (AvgIpc) is 2.05. The van der Waals surface area contributed by atoms with Crippen LogP contribution in [0.5, 0.6) is 0 Å². The van der Waals surface area contributed by atoms with E-state index < -0.39 is 11.9 Å². The summed E-state index contributed by atoms with van der Waals surface area (Å²) in [5.41, 5.74) is 0. The van der Waals surface area contributed by atoms with Gasteiger partial charge in [-0.25, -0.2) is 0 Å². The van der Waals surface area contributed by atoms with Crippen LogP contribution in [0.3, 0.4) is 0 Å². The lowest BCUT2D eigenvalue weighted by molar-refractivity contribution is -0.149. The highest BCUT2D eigenvalue weighted by Gasteiger charge is 2.38. The molecule has 1 aliphatic heterocycles. The van der Waals surface area contributed by atoms with Gasteiger partial charge < -0.3 is 14.3 Å². The van der Waals surface area contributed by atoms with Crippen LogP contribution in [0.2, 0.25) is 0 Å². The molecule has 1 aliphatic rings. The number of hydrogen-bond donors (Lipinski definition) is 0. The molecule has 1 saturated heterocycles. The van der Waals surface area contributed by atoms with E-state index in [1.54, 1.807) is 13.8 Å². The predicted molar refractivity (Wildman–Crippen MR) is 35.6 cm³/mol. The highest BCUT2D eigenvalue weighted by molar-refractivity contribution is 5.57. The first kappa shape index (κ1) is 7.69. The second-order valence-electron chi connectivity index (χ2n) is 2.94. The molecule has 0 N–H and O–H groups in total. The van der Waals surface area contributed by atoms with Gasteiger partial charge in [-0.05, 0) is 20.8 Å². The van der Waals surface area contributed by atoms with Crippen molar-refractivity contribution in [1.82, 2.24) is 0 Å². The number of hydrogen-bond acceptors (Lipinski definition) is 3. The van der Waals surface area contributed by atoms with Crippen LogP contribution < -0.4 is 0 Å². The van der Waals surface area contributed by atoms with Gasteiger partial charge in [-0.1, -0.05) is 0 Å². The van der Waals surface area contributed by atoms with Crippen LogP contribution in [0.1, 0.15) is 20.8 Å². The first-order valence-electron chi connectivity index (χ1n) is 3.36. The molecule has 0 unspecified atom stereocenters. The molecule has 3 nitrogen and oxygen atoms in total. The maximum atomic E-state index is 10.3. The number of ether oxygens (including phenoxy) is 2. The third-order valence-corrected chi connectivity index (χ3v) is 1.49. The molecule has 0 aliphatic carbocycles. The van der Waals surface area contributed by atoms with E-state index in [9.17, 15) is 4.79 Å². The smallest absolute Gasteiger partial charge is 0.164 e. The Balaban J connectivity index is 2.60. The van der Waals surface area contributed by atoms with Gasteiger partial charge in [0, 0.05) is 0 Å². The fourth-order valence-electron chi connectivity index (χ4n) is 1.10. The summed E-state index contributed by atoms with van der Waals surface area (Å²) < 4.78 is 10.5. The number of aldehydes is 1. The SMILES string of the molecule is C[C@H]1OC(C)(C)O[C@@H]1C=O. The van der Waals surface area contributed by atoms with Crippen molar-refractivity contribution in [3.05, 3.63) is 0 Å². The molecule has 58 valence electrons. The topological polar surface area (TPSA) is 35.5 Å². The first-order chi connectivity index (χ1) is 4.55. The maximum Gasteiger partial charge on any atom is 0.164 e. The van der Waals surface area contributed by atoms with Crippen LogP contribution in [0.25, 0.3) is 0 Å². The minimum absolute atomic E-state index is 0.118. The van der Waals surface area contributed by atoms with Gasteiger partial charge in [0.15, 0.2) is 12.1 Å². The van der Waals surface area contributed by atoms with Gasteiger partial charge in [-0.15, -0.1) is 0 Å². The highest BCUT2D eigenvalue weighted by atomic mass is 16.8. The van der Waals surface area contributed by atoms with Crippen molar-refractivity contribution in [1.29, 1.82) is 0 Å². The third kappa shape index (κ3) is 1.36. The molecular weight excluding hydrogens is 132 g/mol. The molecule has 2 atom stereocenters. The molecule has 1 fully saturated rings. The van der Waals surface area contributed by atoms with Crippen LogP contribution in [-0.4, -0.2) is 24.3 Å². The molecule has 10 heavy (non-hydrogen) atoms. The second kappa shape index (κ2) is 2.32. The van der Waals surface area contributed by atoms with E-state index in [4.69, 9.17) is 9.47 Å². The lowest BCUT2D eigenvalue weighted by atomic mass is 10.3. The van der Waals surface area contributed by atoms with E-state index in [1.807, 2.05) is 6.92 Å². The summed E-state index contributed by atoms with van der Waals surface area (Å²) in [4.78, 5) is 10.3. The summed E-state index contributed by atoms with van der Waals surface area (Å²) in [6.07, 6.45) is 0.266. The van der Waals surface area contributed by atoms with Gasteiger partial charge in [-0.2, -0.15) is 0 Å². The largest absolute Gasteiger partial charge is 0.344 e. The molecule has 0 saturated carbocycles. The second-order valence-corrected chi connectivity index (χ2v) is 2.94. The average molecular weight is 144 g/mol. The van der Waals surface area contributed by atoms with Crippen LogP contribution >= 0.6 is 0 Å². The zero-order valence-corrected chi connectivity index (χ0v) is 6.46. The van der Waals surface area contributed by atoms with Crippen molar-refractivity contribution in [2.45, 2.75) is 38.8 Å². The molecule has 3 heteroatoms. The molecule has 0 aromatic carbocycles. The van der Waals surface area contributed by atoms with Gasteiger partial charge in [0.05, 0.1) is 6.10 Å². The zero-order valence-electron chi connectivity index (χ0n) is 6.46. The lowest BCUT2D eigenvalue weighted by Crippen LogP contribution is -2.22. The van der Waals surface area contributed by atoms with Crippen molar-refractivity contribution >= 4 is 6.29 Å². The van der Waals surface area contributed by atoms with E-state index in [-0.39, 0.29) is 6.10 Å². The molecule has 0 aromatic heterocycles. The fourth-order valence-corrected chi connectivity index (χ4v) is 1.10. The molecule has 1 rings (SSSR count). The highest BCUT2D eigenvalue weighted by Crippen LogP contribution is 2.26. The van der Waals surface area contributed by atoms with Crippen molar-refractivity contribution in [3.8, 4) is 0 Å². The summed E-state index contributed by atoms with van der Waals surface area (Å²) in [5.74, 6) is -0.592. The van der Waals surface area contributed by atoms with Crippen LogP contribution in [0.4, 0.5) is 0 Å². The van der Waals surface area contributed by atoms with E-state index in [2.05, 4.69) is 0 Å². The number of rotatable bonds is 1. The Bertz CT molecular complexity index is 142. The lowest BCUT2D eigenvalue weighted by Gasteiger charge is -2.15. The Morgan fingerprint density at radius 3 is 2.20 bits per heavy atom. The molecule has 0 aromatic rings. The first-order valence-corrected chi connectivity index (χ1v) is 3.36. The van der Waals surface area contributed by atoms with Gasteiger partial charge in [0.1, 0.15) is 6.10 Å². The molecule has 0 spiro atoms. The van der Waals surface area contributed by atoms with E-state index in [0.717, 1.165) is 6.29 Å².